The molecule has 5 N–H and O–H groups in total. The number of hydrogen-bond acceptors (Lipinski definition) is 7. The van der Waals surface area contributed by atoms with Crippen molar-refractivity contribution in [1.29, 1.82) is 0 Å². The number of nitrogens with zero attached hydrogens (tertiary/aromatic N) is 4. The molecule has 10 heteroatoms. The van der Waals surface area contributed by atoms with Crippen molar-refractivity contribution in [3.05, 3.63) is 65.9 Å². The van der Waals surface area contributed by atoms with Crippen molar-refractivity contribution in [2.45, 2.75) is 26.3 Å². The van der Waals surface area contributed by atoms with Gasteiger partial charge < -0.3 is 16.0 Å². The summed E-state index contributed by atoms with van der Waals surface area (Å²) in [6, 6.07) is 14.5. The second-order valence-corrected chi connectivity index (χ2v) is 7.73. The van der Waals surface area contributed by atoms with E-state index in [1.54, 1.807) is 24.4 Å². The highest BCUT2D eigenvalue weighted by Crippen LogP contribution is 2.28. The van der Waals surface area contributed by atoms with Gasteiger partial charge in [0.15, 0.2) is 0 Å². The van der Waals surface area contributed by atoms with Crippen LogP contribution in [0.3, 0.4) is 0 Å². The lowest BCUT2D eigenvalue weighted by Gasteiger charge is -2.06. The minimum Gasteiger partial charge on any atom is -0.383 e. The van der Waals surface area contributed by atoms with Gasteiger partial charge in [-0.3, -0.25) is 19.9 Å². The normalized spacial score (nSPS) is 11.0. The SMILES string of the molecule is CC(C)n1nc(-c2ccc(CC(=O)Nc3cc(-c4ccccc4)no3)cn2)c(C(N)=O)c1N. The Balaban J connectivity index is 1.46. The third-order valence-electron chi connectivity index (χ3n) is 4.96. The first-order chi connectivity index (χ1) is 15.8. The summed E-state index contributed by atoms with van der Waals surface area (Å²) >= 11 is 0. The molecule has 0 aliphatic rings. The zero-order valence-corrected chi connectivity index (χ0v) is 18.1. The lowest BCUT2D eigenvalue weighted by Crippen LogP contribution is -2.15. The van der Waals surface area contributed by atoms with E-state index in [4.69, 9.17) is 16.0 Å². The predicted molar refractivity (Wildman–Crippen MR) is 123 cm³/mol. The Labute approximate surface area is 189 Å². The summed E-state index contributed by atoms with van der Waals surface area (Å²) in [7, 11) is 0. The number of hydrogen-bond donors (Lipinski definition) is 3. The smallest absolute Gasteiger partial charge is 0.254 e. The van der Waals surface area contributed by atoms with E-state index >= 15 is 0 Å². The highest BCUT2D eigenvalue weighted by Gasteiger charge is 2.23. The number of pyridine rings is 1. The standard InChI is InChI=1S/C23H23N7O3/c1-13(2)30-22(24)20(23(25)32)21(28-30)16-9-8-14(12-26-16)10-18(31)27-19-11-17(29-33-19)15-6-4-3-5-7-15/h3-9,11-13H,10,24H2,1-2H3,(H2,25,32)(H,27,31). The van der Waals surface area contributed by atoms with Crippen LogP contribution in [0.4, 0.5) is 11.7 Å². The van der Waals surface area contributed by atoms with Crippen LogP contribution < -0.4 is 16.8 Å². The highest BCUT2D eigenvalue weighted by molar-refractivity contribution is 6.03. The molecule has 4 aromatic rings. The Morgan fingerprint density at radius 2 is 1.88 bits per heavy atom. The molecule has 0 atom stereocenters. The second kappa shape index (κ2) is 8.95. The van der Waals surface area contributed by atoms with E-state index < -0.39 is 5.91 Å². The summed E-state index contributed by atoms with van der Waals surface area (Å²) in [5, 5.41) is 11.1. The fourth-order valence-corrected chi connectivity index (χ4v) is 3.38. The highest BCUT2D eigenvalue weighted by atomic mass is 16.5. The molecule has 0 fully saturated rings. The molecular weight excluding hydrogens is 422 g/mol. The monoisotopic (exact) mass is 445 g/mol. The molecule has 0 saturated heterocycles. The fourth-order valence-electron chi connectivity index (χ4n) is 3.38. The van der Waals surface area contributed by atoms with Crippen LogP contribution in [-0.4, -0.2) is 31.7 Å². The van der Waals surface area contributed by atoms with E-state index in [0.29, 0.717) is 22.6 Å². The van der Waals surface area contributed by atoms with Crippen LogP contribution in [0.5, 0.6) is 0 Å². The third-order valence-corrected chi connectivity index (χ3v) is 4.96. The van der Waals surface area contributed by atoms with Gasteiger partial charge in [0.05, 0.1) is 12.1 Å². The van der Waals surface area contributed by atoms with E-state index in [-0.39, 0.29) is 35.6 Å². The molecule has 3 heterocycles. The lowest BCUT2D eigenvalue weighted by atomic mass is 10.1. The summed E-state index contributed by atoms with van der Waals surface area (Å²) in [6.45, 7) is 3.79. The number of amides is 2. The summed E-state index contributed by atoms with van der Waals surface area (Å²) in [6.07, 6.45) is 1.61. The molecule has 0 saturated carbocycles. The van der Waals surface area contributed by atoms with Crippen LogP contribution in [0.2, 0.25) is 0 Å². The molecule has 33 heavy (non-hydrogen) atoms. The van der Waals surface area contributed by atoms with Crippen molar-refractivity contribution in [1.82, 2.24) is 19.9 Å². The van der Waals surface area contributed by atoms with Crippen LogP contribution >= 0.6 is 0 Å². The van der Waals surface area contributed by atoms with Gasteiger partial charge in [0.2, 0.25) is 11.8 Å². The van der Waals surface area contributed by atoms with Gasteiger partial charge in [-0.1, -0.05) is 41.6 Å². The number of carbonyl (C=O) groups excluding carboxylic acids is 2. The Kier molecular flexibility index (Phi) is 5.90. The van der Waals surface area contributed by atoms with Gasteiger partial charge in [-0.05, 0) is 25.5 Å². The molecule has 0 radical (unpaired) electrons. The number of carbonyl (C=O) groups is 2. The Morgan fingerprint density at radius 1 is 1.12 bits per heavy atom. The topological polar surface area (TPSA) is 155 Å². The van der Waals surface area contributed by atoms with Gasteiger partial charge in [0.1, 0.15) is 22.8 Å². The number of anilines is 2. The van der Waals surface area contributed by atoms with Crippen LogP contribution in [0.1, 0.15) is 35.8 Å². The average molecular weight is 445 g/mol. The summed E-state index contributed by atoms with van der Waals surface area (Å²) in [4.78, 5) is 28.7. The second-order valence-electron chi connectivity index (χ2n) is 7.73. The summed E-state index contributed by atoms with van der Waals surface area (Å²) in [5.41, 5.74) is 14.6. The van der Waals surface area contributed by atoms with Crippen LogP contribution in [0, 0.1) is 0 Å². The predicted octanol–water partition coefficient (Wildman–Crippen LogP) is 3.04. The molecule has 10 nitrogen and oxygen atoms in total. The number of nitrogens with one attached hydrogen (secondary N) is 1. The maximum atomic E-state index is 12.4. The van der Waals surface area contributed by atoms with E-state index in [9.17, 15) is 9.59 Å². The largest absolute Gasteiger partial charge is 0.383 e. The van der Waals surface area contributed by atoms with Crippen molar-refractivity contribution in [3.8, 4) is 22.6 Å². The number of benzene rings is 1. The first-order valence-electron chi connectivity index (χ1n) is 10.3. The molecular formula is C23H23N7O3. The third kappa shape index (κ3) is 4.59. The minimum atomic E-state index is -0.679. The van der Waals surface area contributed by atoms with Crippen molar-refractivity contribution < 1.29 is 14.1 Å². The van der Waals surface area contributed by atoms with Gasteiger partial charge in [0, 0.05) is 23.9 Å². The number of aromatic nitrogens is 4. The van der Waals surface area contributed by atoms with Crippen LogP contribution in [-0.2, 0) is 11.2 Å². The van der Waals surface area contributed by atoms with E-state index in [1.807, 2.05) is 44.2 Å². The van der Waals surface area contributed by atoms with Gasteiger partial charge in [0.25, 0.3) is 5.91 Å². The first-order valence-corrected chi connectivity index (χ1v) is 10.3. The summed E-state index contributed by atoms with van der Waals surface area (Å²) < 4.78 is 6.74. The van der Waals surface area contributed by atoms with Gasteiger partial charge in [-0.25, -0.2) is 4.68 Å². The van der Waals surface area contributed by atoms with Crippen molar-refractivity contribution in [2.24, 2.45) is 5.73 Å². The molecule has 2 amide bonds. The fraction of sp³-hybridized carbons (Fsp3) is 0.174. The lowest BCUT2D eigenvalue weighted by molar-refractivity contribution is -0.115. The zero-order chi connectivity index (χ0) is 23.5. The van der Waals surface area contributed by atoms with Gasteiger partial charge in [-0.15, -0.1) is 0 Å². The summed E-state index contributed by atoms with van der Waals surface area (Å²) in [5.74, 6) is -0.517. The Bertz CT molecular complexity index is 1290. The van der Waals surface area contributed by atoms with E-state index in [2.05, 4.69) is 20.6 Å². The maximum Gasteiger partial charge on any atom is 0.254 e. The van der Waals surface area contributed by atoms with Crippen molar-refractivity contribution in [3.63, 3.8) is 0 Å². The quantitative estimate of drug-likeness (QED) is 0.395. The number of nitrogen functional groups attached to an aromatic ring is 1. The minimum absolute atomic E-state index is 0.0571. The molecule has 4 rings (SSSR count). The van der Waals surface area contributed by atoms with Gasteiger partial charge in [-0.2, -0.15) is 5.10 Å². The molecule has 0 aliphatic carbocycles. The van der Waals surface area contributed by atoms with E-state index in [1.165, 1.54) is 4.68 Å². The molecule has 3 aromatic heterocycles. The molecule has 0 aliphatic heterocycles. The molecule has 0 unspecified atom stereocenters. The molecule has 168 valence electrons. The molecule has 0 spiro atoms. The van der Waals surface area contributed by atoms with Gasteiger partial charge >= 0.3 is 0 Å². The van der Waals surface area contributed by atoms with Crippen molar-refractivity contribution in [2.75, 3.05) is 11.1 Å². The molecule has 0 bridgehead atoms. The van der Waals surface area contributed by atoms with Crippen LogP contribution in [0.15, 0.2) is 59.3 Å². The zero-order valence-electron chi connectivity index (χ0n) is 18.1. The van der Waals surface area contributed by atoms with Crippen molar-refractivity contribution >= 4 is 23.5 Å². The average Bonchev–Trinajstić information content (AvgIpc) is 3.39. The Morgan fingerprint density at radius 3 is 2.52 bits per heavy atom. The van der Waals surface area contributed by atoms with Crippen LogP contribution in [0.25, 0.3) is 22.6 Å². The Hall–Kier alpha value is -4.47. The number of primary amides is 1. The maximum absolute atomic E-state index is 12.4. The number of rotatable bonds is 7. The van der Waals surface area contributed by atoms with E-state index in [0.717, 1.165) is 5.56 Å². The first kappa shape index (κ1) is 21.8. The molecule has 1 aromatic carbocycles. The number of nitrogens with two attached hydrogens (primary N) is 2.